The van der Waals surface area contributed by atoms with Crippen LogP contribution >= 0.6 is 0 Å². The van der Waals surface area contributed by atoms with E-state index >= 15 is 0 Å². The Labute approximate surface area is 111 Å². The molecule has 1 aromatic rings. The van der Waals surface area contributed by atoms with Crippen LogP contribution in [-0.4, -0.2) is 14.2 Å². The van der Waals surface area contributed by atoms with Gasteiger partial charge < -0.3 is 0 Å². The van der Waals surface area contributed by atoms with Crippen LogP contribution in [0.15, 0.2) is 41.3 Å². The van der Waals surface area contributed by atoms with E-state index in [1.54, 1.807) is 12.1 Å². The zero-order valence-corrected chi connectivity index (χ0v) is 12.5. The Kier molecular flexibility index (Phi) is 4.38. The Balaban J connectivity index is 2.83. The van der Waals surface area contributed by atoms with Crippen LogP contribution in [0.1, 0.15) is 32.8 Å². The molecule has 0 aliphatic rings. The molecule has 0 fully saturated rings. The van der Waals surface area contributed by atoms with Gasteiger partial charge in [0.05, 0.1) is 10.6 Å². The van der Waals surface area contributed by atoms with Gasteiger partial charge in [0.1, 0.15) is 0 Å². The lowest BCUT2D eigenvalue weighted by molar-refractivity contribution is 0.410. The first-order chi connectivity index (χ1) is 8.10. The van der Waals surface area contributed by atoms with Gasteiger partial charge in [-0.3, -0.25) is 0 Å². The predicted octanol–water partition coefficient (Wildman–Crippen LogP) is 3.76. The van der Waals surface area contributed by atoms with Crippen LogP contribution in [0.4, 0.5) is 0 Å². The van der Waals surface area contributed by atoms with E-state index in [-0.39, 0.29) is 11.2 Å². The van der Waals surface area contributed by atoms with Crippen molar-refractivity contribution in [3.8, 4) is 0 Å². The topological polar surface area (TPSA) is 34.1 Å². The van der Waals surface area contributed by atoms with E-state index in [0.717, 1.165) is 17.6 Å². The van der Waals surface area contributed by atoms with Crippen LogP contribution in [0.3, 0.4) is 0 Å². The smallest absolute Gasteiger partial charge is 0.182 e. The molecule has 2 nitrogen and oxygen atoms in total. The van der Waals surface area contributed by atoms with Gasteiger partial charge in [-0.05, 0) is 30.9 Å². The SMILES string of the molecule is C=C(CC(C)(C)C)CS(=O)(=O)c1ccc(C)cc1. The van der Waals surface area contributed by atoms with Crippen molar-refractivity contribution in [3.05, 3.63) is 42.0 Å². The first-order valence-corrected chi connectivity index (χ1v) is 7.71. The molecule has 1 rings (SSSR count). The third-order valence-electron chi connectivity index (χ3n) is 2.55. The Morgan fingerprint density at radius 3 is 2.11 bits per heavy atom. The van der Waals surface area contributed by atoms with Crippen LogP contribution in [0.2, 0.25) is 0 Å². The number of sulfone groups is 1. The van der Waals surface area contributed by atoms with Gasteiger partial charge in [-0.25, -0.2) is 8.42 Å². The summed E-state index contributed by atoms with van der Waals surface area (Å²) in [5.74, 6) is 0.0351. The molecule has 0 bridgehead atoms. The lowest BCUT2D eigenvalue weighted by Gasteiger charge is -2.19. The molecule has 0 amide bonds. The molecule has 18 heavy (non-hydrogen) atoms. The monoisotopic (exact) mass is 266 g/mol. The van der Waals surface area contributed by atoms with Crippen LogP contribution < -0.4 is 0 Å². The van der Waals surface area contributed by atoms with Gasteiger partial charge in [-0.2, -0.15) is 0 Å². The Bertz CT molecular complexity index is 517. The van der Waals surface area contributed by atoms with Crippen molar-refractivity contribution < 1.29 is 8.42 Å². The molecule has 0 spiro atoms. The molecule has 0 aliphatic heterocycles. The van der Waals surface area contributed by atoms with Crippen molar-refractivity contribution in [1.29, 1.82) is 0 Å². The van der Waals surface area contributed by atoms with Crippen molar-refractivity contribution in [2.45, 2.75) is 39.0 Å². The van der Waals surface area contributed by atoms with Gasteiger partial charge in [-0.15, -0.1) is 0 Å². The summed E-state index contributed by atoms with van der Waals surface area (Å²) in [5.41, 5.74) is 1.89. The normalized spacial score (nSPS) is 12.4. The largest absolute Gasteiger partial charge is 0.223 e. The van der Waals surface area contributed by atoms with Crippen LogP contribution in [0.25, 0.3) is 0 Å². The van der Waals surface area contributed by atoms with E-state index in [1.165, 1.54) is 0 Å². The van der Waals surface area contributed by atoms with Gasteiger partial charge >= 0.3 is 0 Å². The van der Waals surface area contributed by atoms with Gasteiger partial charge in [0.25, 0.3) is 0 Å². The quantitative estimate of drug-likeness (QED) is 0.778. The lowest BCUT2D eigenvalue weighted by Crippen LogP contribution is -2.13. The molecule has 0 heterocycles. The zero-order chi connectivity index (χ0) is 14.0. The van der Waals surface area contributed by atoms with Crippen molar-refractivity contribution >= 4 is 9.84 Å². The highest BCUT2D eigenvalue weighted by atomic mass is 32.2. The summed E-state index contributed by atoms with van der Waals surface area (Å²) >= 11 is 0. The molecule has 100 valence electrons. The number of rotatable bonds is 4. The number of aryl methyl sites for hydroxylation is 1. The van der Waals surface area contributed by atoms with Crippen molar-refractivity contribution in [1.82, 2.24) is 0 Å². The van der Waals surface area contributed by atoms with Crippen molar-refractivity contribution in [2.75, 3.05) is 5.75 Å². The van der Waals surface area contributed by atoms with Gasteiger partial charge in [0.15, 0.2) is 9.84 Å². The minimum Gasteiger partial charge on any atom is -0.223 e. The fraction of sp³-hybridized carbons (Fsp3) is 0.467. The Morgan fingerprint density at radius 1 is 1.17 bits per heavy atom. The highest BCUT2D eigenvalue weighted by Gasteiger charge is 2.19. The second kappa shape index (κ2) is 5.27. The van der Waals surface area contributed by atoms with E-state index < -0.39 is 9.84 Å². The highest BCUT2D eigenvalue weighted by molar-refractivity contribution is 7.91. The third kappa shape index (κ3) is 4.65. The van der Waals surface area contributed by atoms with Crippen molar-refractivity contribution in [3.63, 3.8) is 0 Å². The summed E-state index contributed by atoms with van der Waals surface area (Å²) in [6.07, 6.45) is 0.720. The van der Waals surface area contributed by atoms with Crippen LogP contribution in [0, 0.1) is 12.3 Å². The molecule has 0 aromatic heterocycles. The molecule has 0 atom stereocenters. The lowest BCUT2D eigenvalue weighted by atomic mass is 9.89. The maximum atomic E-state index is 12.2. The molecule has 1 aromatic carbocycles. The summed E-state index contributed by atoms with van der Waals surface area (Å²) in [6, 6.07) is 6.96. The first-order valence-electron chi connectivity index (χ1n) is 6.06. The van der Waals surface area contributed by atoms with Gasteiger partial charge in [0, 0.05) is 0 Å². The maximum Gasteiger partial charge on any atom is 0.182 e. The van der Waals surface area contributed by atoms with Crippen LogP contribution in [0.5, 0.6) is 0 Å². The molecule has 0 saturated carbocycles. The molecule has 0 radical (unpaired) electrons. The third-order valence-corrected chi connectivity index (χ3v) is 4.33. The van der Waals surface area contributed by atoms with E-state index in [4.69, 9.17) is 0 Å². The van der Waals surface area contributed by atoms with Gasteiger partial charge in [0.2, 0.25) is 0 Å². The average molecular weight is 266 g/mol. The number of hydrogen-bond donors (Lipinski definition) is 0. The molecular weight excluding hydrogens is 244 g/mol. The van der Waals surface area contributed by atoms with E-state index in [2.05, 4.69) is 27.4 Å². The second-order valence-electron chi connectivity index (χ2n) is 6.06. The standard InChI is InChI=1S/C15H22O2S/c1-12-6-8-14(9-7-12)18(16,17)11-13(2)10-15(3,4)5/h6-9H,2,10-11H2,1,3-5H3. The average Bonchev–Trinajstić information content (AvgIpc) is 2.13. The summed E-state index contributed by atoms with van der Waals surface area (Å²) in [6.45, 7) is 12.1. The number of hydrogen-bond acceptors (Lipinski definition) is 2. The van der Waals surface area contributed by atoms with Crippen molar-refractivity contribution in [2.24, 2.45) is 5.41 Å². The molecule has 0 N–H and O–H groups in total. The summed E-state index contributed by atoms with van der Waals surface area (Å²) < 4.78 is 24.4. The predicted molar refractivity (Wildman–Crippen MR) is 76.4 cm³/mol. The van der Waals surface area contributed by atoms with E-state index in [9.17, 15) is 8.42 Å². The number of benzene rings is 1. The molecule has 0 unspecified atom stereocenters. The summed E-state index contributed by atoms with van der Waals surface area (Å²) in [7, 11) is -3.25. The first kappa shape index (κ1) is 15.0. The zero-order valence-electron chi connectivity index (χ0n) is 11.7. The minimum absolute atomic E-state index is 0.0351. The summed E-state index contributed by atoms with van der Waals surface area (Å²) in [4.78, 5) is 0.378. The Hall–Kier alpha value is -1.09. The molecular formula is C15H22O2S. The molecule has 0 aliphatic carbocycles. The minimum atomic E-state index is -3.25. The van der Waals surface area contributed by atoms with E-state index in [0.29, 0.717) is 4.90 Å². The van der Waals surface area contributed by atoms with Gasteiger partial charge in [-0.1, -0.05) is 50.6 Å². The maximum absolute atomic E-state index is 12.2. The van der Waals surface area contributed by atoms with E-state index in [1.807, 2.05) is 19.1 Å². The highest BCUT2D eigenvalue weighted by Crippen LogP contribution is 2.25. The fourth-order valence-corrected chi connectivity index (χ4v) is 3.26. The molecule has 3 heteroatoms. The molecule has 0 saturated heterocycles. The Morgan fingerprint density at radius 2 is 1.67 bits per heavy atom. The second-order valence-corrected chi connectivity index (χ2v) is 8.05. The van der Waals surface area contributed by atoms with Crippen LogP contribution in [-0.2, 0) is 9.84 Å². The summed E-state index contributed by atoms with van der Waals surface area (Å²) in [5, 5.41) is 0. The fourth-order valence-electron chi connectivity index (χ4n) is 1.90.